The van der Waals surface area contributed by atoms with E-state index in [0.29, 0.717) is 18.2 Å². The summed E-state index contributed by atoms with van der Waals surface area (Å²) in [6.07, 6.45) is 2.84. The second-order valence-electron chi connectivity index (χ2n) is 8.78. The molecule has 1 saturated carbocycles. The van der Waals surface area contributed by atoms with Crippen LogP contribution in [0.1, 0.15) is 29.6 Å². The second-order valence-corrected chi connectivity index (χ2v) is 11.8. The molecule has 35 heavy (non-hydrogen) atoms. The molecule has 2 aromatic rings. The summed E-state index contributed by atoms with van der Waals surface area (Å²) >= 11 is 0. The van der Waals surface area contributed by atoms with E-state index in [9.17, 15) is 30.8 Å². The third-order valence-electron chi connectivity index (χ3n) is 6.17. The highest BCUT2D eigenvalue weighted by atomic mass is 32.2. The Morgan fingerprint density at radius 2 is 1.89 bits per heavy atom. The van der Waals surface area contributed by atoms with Crippen molar-refractivity contribution in [3.05, 3.63) is 58.9 Å². The molecule has 10 nitrogen and oxygen atoms in total. The molecule has 0 saturated heterocycles. The van der Waals surface area contributed by atoms with Crippen LogP contribution < -0.4 is 20.1 Å². The van der Waals surface area contributed by atoms with Crippen LogP contribution in [0.4, 0.5) is 21.5 Å². The summed E-state index contributed by atoms with van der Waals surface area (Å²) in [5.74, 6) is -2.97. The monoisotopic (exact) mass is 520 g/mol. The highest BCUT2D eigenvalue weighted by molar-refractivity contribution is 7.94. The van der Waals surface area contributed by atoms with Gasteiger partial charge in [0, 0.05) is 17.8 Å². The van der Waals surface area contributed by atoms with Crippen molar-refractivity contribution >= 4 is 48.8 Å². The number of carbonyl (C=O) groups is 2. The lowest BCUT2D eigenvalue weighted by Gasteiger charge is -2.35. The number of hydrogen-bond donors (Lipinski definition) is 3. The number of hydrogen-bond acceptors (Lipinski definition) is 7. The number of anilines is 3. The number of nitrogens with two attached hydrogens (primary N) is 1. The second kappa shape index (κ2) is 8.14. The average molecular weight is 521 g/mol. The molecule has 1 fully saturated rings. The van der Waals surface area contributed by atoms with Crippen LogP contribution in [0.2, 0.25) is 0 Å². The molecular formula is C22H21FN4O6S2. The number of sulfone groups is 1. The van der Waals surface area contributed by atoms with Gasteiger partial charge in [0.25, 0.3) is 10.2 Å². The van der Waals surface area contributed by atoms with Gasteiger partial charge in [-0.25, -0.2) is 17.9 Å². The topological polar surface area (TPSA) is 156 Å². The molecule has 1 aliphatic carbocycles. The van der Waals surface area contributed by atoms with E-state index in [1.54, 1.807) is 0 Å². The molecule has 2 aromatic carbocycles. The molecule has 13 heteroatoms. The molecule has 4 N–H and O–H groups in total. The maximum absolute atomic E-state index is 14.0. The summed E-state index contributed by atoms with van der Waals surface area (Å²) in [7, 11) is -8.32. The minimum Gasteiger partial charge on any atom is -0.356 e. The third-order valence-corrected chi connectivity index (χ3v) is 8.20. The molecule has 0 radical (unpaired) electrons. The number of benzene rings is 2. The summed E-state index contributed by atoms with van der Waals surface area (Å²) in [5, 5.41) is 8.55. The number of nitrogens with one attached hydrogen (secondary N) is 2. The van der Waals surface area contributed by atoms with E-state index in [1.165, 1.54) is 29.2 Å². The number of fused-ring (bicyclic) bond motifs is 2. The lowest BCUT2D eigenvalue weighted by atomic mass is 9.87. The summed E-state index contributed by atoms with van der Waals surface area (Å²) in [6, 6.07) is 7.27. The Kier molecular flexibility index (Phi) is 5.45. The van der Waals surface area contributed by atoms with Crippen molar-refractivity contribution in [2.45, 2.75) is 24.2 Å². The Balaban J connectivity index is 1.54. The number of nitrogens with zero attached hydrogens (tertiary/aromatic N) is 1. The van der Waals surface area contributed by atoms with E-state index in [0.717, 1.165) is 36.8 Å². The van der Waals surface area contributed by atoms with E-state index in [2.05, 4.69) is 5.32 Å². The number of rotatable bonds is 6. The maximum Gasteiger partial charge on any atom is 0.296 e. The molecule has 2 heterocycles. The summed E-state index contributed by atoms with van der Waals surface area (Å²) < 4.78 is 64.7. The van der Waals surface area contributed by atoms with Crippen molar-refractivity contribution in [1.82, 2.24) is 0 Å². The molecule has 1 atom stereocenters. The van der Waals surface area contributed by atoms with E-state index in [-0.39, 0.29) is 27.5 Å². The first-order valence-corrected chi connectivity index (χ1v) is 13.9. The van der Waals surface area contributed by atoms with Crippen LogP contribution in [0.5, 0.6) is 0 Å². The maximum atomic E-state index is 14.0. The molecule has 1 amide bonds. The largest absolute Gasteiger partial charge is 0.356 e. The lowest BCUT2D eigenvalue weighted by molar-refractivity contribution is -0.120. The molecule has 5 rings (SSSR count). The first-order valence-electron chi connectivity index (χ1n) is 10.8. The van der Waals surface area contributed by atoms with Crippen molar-refractivity contribution in [2.24, 2.45) is 17.0 Å². The van der Waals surface area contributed by atoms with Crippen LogP contribution in [0.15, 0.2) is 52.4 Å². The van der Waals surface area contributed by atoms with Crippen LogP contribution >= 0.6 is 0 Å². The molecule has 0 aromatic heterocycles. The van der Waals surface area contributed by atoms with Gasteiger partial charge in [0.15, 0.2) is 5.78 Å². The fourth-order valence-corrected chi connectivity index (χ4v) is 6.18. The Hall–Kier alpha value is -3.29. The zero-order valence-corrected chi connectivity index (χ0v) is 19.8. The van der Waals surface area contributed by atoms with Crippen LogP contribution in [0.25, 0.3) is 0 Å². The zero-order valence-electron chi connectivity index (χ0n) is 18.2. The Morgan fingerprint density at radius 3 is 2.57 bits per heavy atom. The molecule has 184 valence electrons. The van der Waals surface area contributed by atoms with Crippen LogP contribution in [-0.4, -0.2) is 35.1 Å². The van der Waals surface area contributed by atoms with Gasteiger partial charge in [-0.2, -0.15) is 8.42 Å². The number of halogens is 1. The van der Waals surface area contributed by atoms with E-state index in [1.807, 2.05) is 4.72 Å². The predicted octanol–water partition coefficient (Wildman–Crippen LogP) is 2.13. The number of ketones is 1. The van der Waals surface area contributed by atoms with Gasteiger partial charge in [0.05, 0.1) is 27.4 Å². The van der Waals surface area contributed by atoms with Gasteiger partial charge in [0.1, 0.15) is 11.7 Å². The molecule has 1 unspecified atom stereocenters. The van der Waals surface area contributed by atoms with Gasteiger partial charge in [-0.15, -0.1) is 0 Å². The van der Waals surface area contributed by atoms with Gasteiger partial charge in [0.2, 0.25) is 15.7 Å². The van der Waals surface area contributed by atoms with Crippen molar-refractivity contribution in [3.63, 3.8) is 0 Å². The number of amides is 1. The number of Topliss-reactive ketones (excluding diaryl/α,β-unsaturated/α-hetero) is 1. The van der Waals surface area contributed by atoms with Crippen LogP contribution in [0, 0.1) is 17.7 Å². The normalized spacial score (nSPS) is 21.0. The predicted molar refractivity (Wildman–Crippen MR) is 126 cm³/mol. The molecular weight excluding hydrogens is 499 g/mol. The fraction of sp³-hybridized carbons (Fsp3) is 0.273. The van der Waals surface area contributed by atoms with Gasteiger partial charge in [-0.05, 0) is 48.7 Å². The third kappa shape index (κ3) is 4.54. The highest BCUT2D eigenvalue weighted by Crippen LogP contribution is 2.40. The van der Waals surface area contributed by atoms with Crippen molar-refractivity contribution in [1.29, 1.82) is 0 Å². The molecule has 0 bridgehead atoms. The Bertz CT molecular complexity index is 1520. The SMILES string of the molecule is NS(=O)(=O)Nc1ccc2c(c1)S(=O)(=O)C=C(C1C(=O)c3cc(F)ccc3N(CCC3CC3)C1=O)N2. The first-order chi connectivity index (χ1) is 16.4. The minimum atomic E-state index is -4.18. The van der Waals surface area contributed by atoms with Crippen molar-refractivity contribution < 1.29 is 30.8 Å². The van der Waals surface area contributed by atoms with Crippen LogP contribution in [-0.2, 0) is 24.8 Å². The number of carbonyl (C=O) groups excluding carboxylic acids is 2. The summed E-state index contributed by atoms with van der Waals surface area (Å²) in [5.41, 5.74) is 0.123. The van der Waals surface area contributed by atoms with E-state index >= 15 is 0 Å². The minimum absolute atomic E-state index is 0.00370. The van der Waals surface area contributed by atoms with E-state index < -0.39 is 43.5 Å². The van der Waals surface area contributed by atoms with Gasteiger partial charge in [-0.3, -0.25) is 14.3 Å². The van der Waals surface area contributed by atoms with E-state index in [4.69, 9.17) is 5.14 Å². The highest BCUT2D eigenvalue weighted by Gasteiger charge is 2.44. The quantitative estimate of drug-likeness (QED) is 0.493. The fourth-order valence-electron chi connectivity index (χ4n) is 4.35. The average Bonchev–Trinajstić information content (AvgIpc) is 3.57. The van der Waals surface area contributed by atoms with Crippen molar-refractivity contribution in [2.75, 3.05) is 21.5 Å². The molecule has 2 aliphatic heterocycles. The summed E-state index contributed by atoms with van der Waals surface area (Å²) in [6.45, 7) is 0.325. The van der Waals surface area contributed by atoms with Gasteiger partial charge < -0.3 is 10.2 Å². The van der Waals surface area contributed by atoms with Crippen molar-refractivity contribution in [3.8, 4) is 0 Å². The Labute approximate surface area is 201 Å². The van der Waals surface area contributed by atoms with Crippen LogP contribution in [0.3, 0.4) is 0 Å². The Morgan fingerprint density at radius 1 is 1.14 bits per heavy atom. The van der Waals surface area contributed by atoms with Gasteiger partial charge >= 0.3 is 0 Å². The summed E-state index contributed by atoms with van der Waals surface area (Å²) in [4.78, 5) is 28.0. The smallest absolute Gasteiger partial charge is 0.296 e. The first kappa shape index (κ1) is 23.5. The molecule has 0 spiro atoms. The van der Waals surface area contributed by atoms with Gasteiger partial charge in [-0.1, -0.05) is 12.8 Å². The molecule has 3 aliphatic rings. The standard InChI is InChI=1S/C22H21FN4O6S2/c23-13-3-6-18-15(9-13)21(28)20(22(29)27(18)8-7-12-1-2-12)17-11-34(30,31)19-10-14(26-35(24,32)33)4-5-16(19)25-17/h3-6,9-12,20,25-26H,1-2,7-8H2,(H2,24,32,33). The lowest BCUT2D eigenvalue weighted by Crippen LogP contribution is -2.47. The zero-order chi connectivity index (χ0) is 25.1.